The van der Waals surface area contributed by atoms with Crippen molar-refractivity contribution >= 4 is 0 Å². The number of hydrogen-bond donors (Lipinski definition) is 2. The van der Waals surface area contributed by atoms with E-state index in [0.717, 1.165) is 22.3 Å². The van der Waals surface area contributed by atoms with E-state index in [-0.39, 0.29) is 11.5 Å². The number of phenols is 2. The van der Waals surface area contributed by atoms with Crippen LogP contribution in [-0.4, -0.2) is 10.2 Å². The molecule has 0 saturated carbocycles. The summed E-state index contributed by atoms with van der Waals surface area (Å²) in [7, 11) is 0. The number of aromatic hydroxyl groups is 2. The fourth-order valence-corrected chi connectivity index (χ4v) is 2.04. The molecule has 2 rings (SSSR count). The van der Waals surface area contributed by atoms with Crippen molar-refractivity contribution in [1.82, 2.24) is 0 Å². The third kappa shape index (κ3) is 1.98. The largest absolute Gasteiger partial charge is 0.508 e. The average Bonchev–Trinajstić information content (AvgIpc) is 2.29. The van der Waals surface area contributed by atoms with Gasteiger partial charge in [0.2, 0.25) is 0 Å². The van der Waals surface area contributed by atoms with Gasteiger partial charge in [-0.2, -0.15) is 0 Å². The average molecular weight is 228 g/mol. The maximum Gasteiger partial charge on any atom is 0.122 e. The van der Waals surface area contributed by atoms with Crippen LogP contribution >= 0.6 is 0 Å². The summed E-state index contributed by atoms with van der Waals surface area (Å²) in [4.78, 5) is 0. The van der Waals surface area contributed by atoms with Crippen LogP contribution in [0.1, 0.15) is 16.7 Å². The van der Waals surface area contributed by atoms with Crippen LogP contribution in [0, 0.1) is 20.8 Å². The zero-order valence-corrected chi connectivity index (χ0v) is 10.3. The molecule has 0 atom stereocenters. The molecule has 0 spiro atoms. The van der Waals surface area contributed by atoms with E-state index in [1.165, 1.54) is 11.6 Å². The molecule has 0 aliphatic heterocycles. The first-order valence-corrected chi connectivity index (χ1v) is 5.60. The molecular formula is C15H16O2. The van der Waals surface area contributed by atoms with Crippen LogP contribution in [0.5, 0.6) is 11.5 Å². The molecule has 2 aromatic carbocycles. The predicted molar refractivity (Wildman–Crippen MR) is 69.4 cm³/mol. The SMILES string of the molecule is Cc1ccc(-c2c(C)c(O)cc(O)c2C)cc1. The van der Waals surface area contributed by atoms with Gasteiger partial charge in [-0.1, -0.05) is 29.8 Å². The van der Waals surface area contributed by atoms with Crippen LogP contribution in [0.3, 0.4) is 0 Å². The van der Waals surface area contributed by atoms with E-state index in [9.17, 15) is 10.2 Å². The first-order valence-electron chi connectivity index (χ1n) is 5.60. The van der Waals surface area contributed by atoms with Crippen LogP contribution in [0.2, 0.25) is 0 Å². The molecule has 2 nitrogen and oxygen atoms in total. The van der Waals surface area contributed by atoms with Gasteiger partial charge >= 0.3 is 0 Å². The second-order valence-corrected chi connectivity index (χ2v) is 4.41. The van der Waals surface area contributed by atoms with Crippen molar-refractivity contribution in [2.45, 2.75) is 20.8 Å². The smallest absolute Gasteiger partial charge is 0.122 e. The van der Waals surface area contributed by atoms with Crippen molar-refractivity contribution in [3.8, 4) is 22.6 Å². The molecule has 0 saturated heterocycles. The van der Waals surface area contributed by atoms with Crippen LogP contribution in [0.4, 0.5) is 0 Å². The Balaban J connectivity index is 2.70. The quantitative estimate of drug-likeness (QED) is 0.781. The van der Waals surface area contributed by atoms with E-state index >= 15 is 0 Å². The zero-order chi connectivity index (χ0) is 12.6. The summed E-state index contributed by atoms with van der Waals surface area (Å²) in [6.45, 7) is 5.75. The highest BCUT2D eigenvalue weighted by molar-refractivity contribution is 5.75. The van der Waals surface area contributed by atoms with E-state index in [0.29, 0.717) is 0 Å². The van der Waals surface area contributed by atoms with Gasteiger partial charge < -0.3 is 10.2 Å². The maximum absolute atomic E-state index is 9.76. The molecule has 0 aromatic heterocycles. The summed E-state index contributed by atoms with van der Waals surface area (Å²) >= 11 is 0. The van der Waals surface area contributed by atoms with Gasteiger partial charge in [0.25, 0.3) is 0 Å². The fraction of sp³-hybridized carbons (Fsp3) is 0.200. The van der Waals surface area contributed by atoms with Crippen LogP contribution in [0.25, 0.3) is 11.1 Å². The lowest BCUT2D eigenvalue weighted by molar-refractivity contribution is 0.446. The molecule has 17 heavy (non-hydrogen) atoms. The highest BCUT2D eigenvalue weighted by Gasteiger charge is 2.13. The van der Waals surface area contributed by atoms with Gasteiger partial charge in [0, 0.05) is 6.07 Å². The van der Waals surface area contributed by atoms with Gasteiger partial charge in [-0.15, -0.1) is 0 Å². The lowest BCUT2D eigenvalue weighted by Crippen LogP contribution is -1.90. The fourth-order valence-electron chi connectivity index (χ4n) is 2.04. The third-order valence-corrected chi connectivity index (χ3v) is 3.13. The van der Waals surface area contributed by atoms with E-state index in [1.807, 2.05) is 45.0 Å². The molecule has 0 amide bonds. The molecule has 0 aliphatic carbocycles. The first-order chi connectivity index (χ1) is 8.00. The Kier molecular flexibility index (Phi) is 2.80. The van der Waals surface area contributed by atoms with Gasteiger partial charge in [0.05, 0.1) is 0 Å². The summed E-state index contributed by atoms with van der Waals surface area (Å²) in [6.07, 6.45) is 0. The number of rotatable bonds is 1. The van der Waals surface area contributed by atoms with Crippen LogP contribution in [0.15, 0.2) is 30.3 Å². The molecule has 0 fully saturated rings. The summed E-state index contributed by atoms with van der Waals surface area (Å²) in [6, 6.07) is 9.44. The minimum absolute atomic E-state index is 0.128. The second-order valence-electron chi connectivity index (χ2n) is 4.41. The minimum Gasteiger partial charge on any atom is -0.508 e. The molecule has 0 bridgehead atoms. The van der Waals surface area contributed by atoms with E-state index < -0.39 is 0 Å². The number of benzene rings is 2. The second kappa shape index (κ2) is 4.13. The van der Waals surface area contributed by atoms with Crippen molar-refractivity contribution in [3.05, 3.63) is 47.0 Å². The first kappa shape index (κ1) is 11.5. The molecule has 0 heterocycles. The Labute approximate surface area is 101 Å². The van der Waals surface area contributed by atoms with Gasteiger partial charge in [-0.3, -0.25) is 0 Å². The normalized spacial score (nSPS) is 10.5. The summed E-state index contributed by atoms with van der Waals surface area (Å²) in [5.74, 6) is 0.257. The van der Waals surface area contributed by atoms with E-state index in [1.54, 1.807) is 0 Å². The van der Waals surface area contributed by atoms with Crippen molar-refractivity contribution in [1.29, 1.82) is 0 Å². The van der Waals surface area contributed by atoms with Crippen LogP contribution < -0.4 is 0 Å². The molecule has 0 radical (unpaired) electrons. The van der Waals surface area contributed by atoms with Crippen molar-refractivity contribution in [3.63, 3.8) is 0 Å². The molecule has 88 valence electrons. The minimum atomic E-state index is 0.128. The summed E-state index contributed by atoms with van der Waals surface area (Å²) in [5.41, 5.74) is 4.70. The Hall–Kier alpha value is -1.96. The van der Waals surface area contributed by atoms with Crippen molar-refractivity contribution in [2.75, 3.05) is 0 Å². The molecule has 0 unspecified atom stereocenters. The Bertz CT molecular complexity index is 528. The molecular weight excluding hydrogens is 212 g/mol. The molecule has 2 N–H and O–H groups in total. The van der Waals surface area contributed by atoms with E-state index in [2.05, 4.69) is 0 Å². The summed E-state index contributed by atoms with van der Waals surface area (Å²) in [5, 5.41) is 19.5. The predicted octanol–water partition coefficient (Wildman–Crippen LogP) is 3.69. The van der Waals surface area contributed by atoms with Gasteiger partial charge in [0.1, 0.15) is 11.5 Å². The van der Waals surface area contributed by atoms with Gasteiger partial charge in [-0.25, -0.2) is 0 Å². The number of phenolic OH excluding ortho intramolecular Hbond substituents is 2. The lowest BCUT2D eigenvalue weighted by Gasteiger charge is -2.13. The standard InChI is InChI=1S/C15H16O2/c1-9-4-6-12(7-5-9)15-10(2)13(16)8-14(17)11(15)3/h4-8,16-17H,1-3H3. The lowest BCUT2D eigenvalue weighted by atomic mass is 9.94. The van der Waals surface area contributed by atoms with Crippen LogP contribution in [-0.2, 0) is 0 Å². The van der Waals surface area contributed by atoms with Gasteiger partial charge in [-0.05, 0) is 43.0 Å². The molecule has 2 heteroatoms. The van der Waals surface area contributed by atoms with Crippen molar-refractivity contribution < 1.29 is 10.2 Å². The zero-order valence-electron chi connectivity index (χ0n) is 10.3. The third-order valence-electron chi connectivity index (χ3n) is 3.13. The Morgan fingerprint density at radius 2 is 1.24 bits per heavy atom. The topological polar surface area (TPSA) is 40.5 Å². The van der Waals surface area contributed by atoms with Gasteiger partial charge in [0.15, 0.2) is 0 Å². The monoisotopic (exact) mass is 228 g/mol. The number of aryl methyl sites for hydroxylation is 1. The number of hydrogen-bond acceptors (Lipinski definition) is 2. The maximum atomic E-state index is 9.76. The van der Waals surface area contributed by atoms with Crippen molar-refractivity contribution in [2.24, 2.45) is 0 Å². The highest BCUT2D eigenvalue weighted by Crippen LogP contribution is 2.37. The van der Waals surface area contributed by atoms with E-state index in [4.69, 9.17) is 0 Å². The summed E-state index contributed by atoms with van der Waals surface area (Å²) < 4.78 is 0. The highest BCUT2D eigenvalue weighted by atomic mass is 16.3. The molecule has 2 aromatic rings. The molecule has 0 aliphatic rings. The Morgan fingerprint density at radius 3 is 1.71 bits per heavy atom. The Morgan fingerprint density at radius 1 is 0.765 bits per heavy atom.